The van der Waals surface area contributed by atoms with Crippen molar-refractivity contribution in [1.82, 2.24) is 9.80 Å². The van der Waals surface area contributed by atoms with Gasteiger partial charge >= 0.3 is 0 Å². The molecule has 1 fully saturated rings. The predicted molar refractivity (Wildman–Crippen MR) is 73.5 cm³/mol. The third-order valence-electron chi connectivity index (χ3n) is 3.18. The van der Waals surface area contributed by atoms with Crippen LogP contribution in [0.15, 0.2) is 0 Å². The molecule has 1 atom stereocenters. The second-order valence-corrected chi connectivity index (χ2v) is 10.3. The Morgan fingerprint density at radius 1 is 1.38 bits per heavy atom. The highest BCUT2D eigenvalue weighted by Crippen LogP contribution is 2.44. The normalized spacial score (nSPS) is 23.6. The highest BCUT2D eigenvalue weighted by molar-refractivity contribution is 8.32. The molecule has 0 N–H and O–H groups in total. The fraction of sp³-hybridized carbons (Fsp3) is 0.917. The van der Waals surface area contributed by atoms with Gasteiger partial charge in [-0.3, -0.25) is 4.79 Å². The number of piperidine rings is 1. The first kappa shape index (κ1) is 13.8. The van der Waals surface area contributed by atoms with Gasteiger partial charge in [-0.2, -0.15) is 0 Å². The summed E-state index contributed by atoms with van der Waals surface area (Å²) in [5.74, 6) is 0.290. The van der Waals surface area contributed by atoms with E-state index >= 15 is 0 Å². The van der Waals surface area contributed by atoms with Crippen LogP contribution < -0.4 is 0 Å². The molecular formula is C12H26N2OS. The van der Waals surface area contributed by atoms with E-state index in [1.165, 1.54) is 12.8 Å². The van der Waals surface area contributed by atoms with Gasteiger partial charge in [0.2, 0.25) is 5.91 Å². The summed E-state index contributed by atoms with van der Waals surface area (Å²) < 4.78 is 0. The molecule has 1 aliphatic rings. The number of nitrogens with zero attached hydrogens (tertiary/aromatic N) is 2. The fourth-order valence-electron chi connectivity index (χ4n) is 2.11. The van der Waals surface area contributed by atoms with Crippen molar-refractivity contribution in [2.45, 2.75) is 18.1 Å². The first-order valence-corrected chi connectivity index (χ1v) is 8.82. The molecule has 1 rings (SSSR count). The lowest BCUT2D eigenvalue weighted by Gasteiger charge is -2.43. The Bertz CT molecular complexity index is 248. The maximum Gasteiger partial charge on any atom is 0.236 e. The molecule has 0 spiro atoms. The van der Waals surface area contributed by atoms with Crippen LogP contribution in [0, 0.1) is 0 Å². The van der Waals surface area contributed by atoms with Gasteiger partial charge in [0.1, 0.15) is 0 Å². The zero-order chi connectivity index (χ0) is 12.3. The van der Waals surface area contributed by atoms with Crippen molar-refractivity contribution >= 4 is 15.9 Å². The van der Waals surface area contributed by atoms with E-state index in [1.54, 1.807) is 0 Å². The smallest absolute Gasteiger partial charge is 0.236 e. The number of carbonyl (C=O) groups excluding carboxylic acids is 1. The number of hydrogen-bond acceptors (Lipinski definition) is 2. The number of hydrogen-bond donors (Lipinski definition) is 0. The summed E-state index contributed by atoms with van der Waals surface area (Å²) in [7, 11) is 3.38. The van der Waals surface area contributed by atoms with Gasteiger partial charge in [-0.25, -0.2) is 10.0 Å². The molecule has 1 heterocycles. The Kier molecular flexibility index (Phi) is 4.68. The number of amides is 1. The zero-order valence-corrected chi connectivity index (χ0v) is 12.1. The molecule has 1 amide bonds. The Labute approximate surface area is 101 Å². The molecule has 3 nitrogen and oxygen atoms in total. The third kappa shape index (κ3) is 3.98. The zero-order valence-electron chi connectivity index (χ0n) is 11.3. The maximum absolute atomic E-state index is 12.0. The van der Waals surface area contributed by atoms with Gasteiger partial charge < -0.3 is 9.80 Å². The summed E-state index contributed by atoms with van der Waals surface area (Å²) in [5.41, 5.74) is 0. The van der Waals surface area contributed by atoms with Crippen LogP contribution in [0.4, 0.5) is 0 Å². The van der Waals surface area contributed by atoms with Crippen molar-refractivity contribution in [2.75, 3.05) is 52.5 Å². The van der Waals surface area contributed by atoms with E-state index in [0.717, 1.165) is 18.3 Å². The first-order chi connectivity index (χ1) is 7.30. The monoisotopic (exact) mass is 246 g/mol. The van der Waals surface area contributed by atoms with E-state index in [2.05, 4.69) is 23.7 Å². The fourth-order valence-corrected chi connectivity index (χ4v) is 3.61. The summed E-state index contributed by atoms with van der Waals surface area (Å²) in [5, 5.41) is 0.729. The minimum absolute atomic E-state index is 0.290. The largest absolute Gasteiger partial charge is 0.341 e. The van der Waals surface area contributed by atoms with Gasteiger partial charge in [0, 0.05) is 18.3 Å². The SMILES string of the molecule is CN(C)CC(=O)N1CCCC(S(C)(C)C)C1. The van der Waals surface area contributed by atoms with Crippen LogP contribution in [0.1, 0.15) is 12.8 Å². The number of carbonyl (C=O) groups is 1. The van der Waals surface area contributed by atoms with E-state index in [-0.39, 0.29) is 0 Å². The summed E-state index contributed by atoms with van der Waals surface area (Å²) in [6.45, 7) is 2.48. The van der Waals surface area contributed by atoms with Crippen molar-refractivity contribution in [1.29, 1.82) is 0 Å². The van der Waals surface area contributed by atoms with Crippen molar-refractivity contribution in [2.24, 2.45) is 0 Å². The van der Waals surface area contributed by atoms with E-state index in [4.69, 9.17) is 0 Å². The average molecular weight is 246 g/mol. The maximum atomic E-state index is 12.0. The number of likely N-dealkylation sites (tertiary alicyclic amines) is 1. The molecule has 0 aromatic heterocycles. The van der Waals surface area contributed by atoms with E-state index in [1.807, 2.05) is 19.0 Å². The summed E-state index contributed by atoms with van der Waals surface area (Å²) in [6, 6.07) is 0. The molecule has 0 bridgehead atoms. The Balaban J connectivity index is 2.54. The van der Waals surface area contributed by atoms with Crippen molar-refractivity contribution in [3.05, 3.63) is 0 Å². The van der Waals surface area contributed by atoms with Crippen LogP contribution in [-0.2, 0) is 4.79 Å². The summed E-state index contributed by atoms with van der Waals surface area (Å²) >= 11 is 0. The lowest BCUT2D eigenvalue weighted by Crippen LogP contribution is -2.46. The van der Waals surface area contributed by atoms with Gasteiger partial charge in [-0.15, -0.1) is 0 Å². The number of rotatable bonds is 3. The van der Waals surface area contributed by atoms with Crippen LogP contribution in [0.3, 0.4) is 0 Å². The van der Waals surface area contributed by atoms with E-state index in [9.17, 15) is 4.79 Å². The molecule has 96 valence electrons. The first-order valence-electron chi connectivity index (χ1n) is 5.90. The van der Waals surface area contributed by atoms with Gasteiger partial charge in [0.25, 0.3) is 0 Å². The molecule has 0 aromatic carbocycles. The van der Waals surface area contributed by atoms with E-state index in [0.29, 0.717) is 12.5 Å². The standard InChI is InChI=1S/C12H26N2OS/c1-13(2)10-12(15)14-8-6-7-11(9-14)16(3,4)5/h11H,6-10H2,1-5H3. The molecule has 0 aromatic rings. The van der Waals surface area contributed by atoms with Crippen LogP contribution >= 0.6 is 10.0 Å². The molecule has 16 heavy (non-hydrogen) atoms. The van der Waals surface area contributed by atoms with Gasteiger partial charge in [0.15, 0.2) is 0 Å². The van der Waals surface area contributed by atoms with Crippen molar-refractivity contribution in [3.8, 4) is 0 Å². The van der Waals surface area contributed by atoms with Crippen LogP contribution in [0.25, 0.3) is 0 Å². The predicted octanol–water partition coefficient (Wildman–Crippen LogP) is 1.23. The molecule has 1 saturated heterocycles. The van der Waals surface area contributed by atoms with Gasteiger partial charge in [0.05, 0.1) is 6.54 Å². The van der Waals surface area contributed by atoms with Crippen LogP contribution in [0.5, 0.6) is 0 Å². The number of likely N-dealkylation sites (N-methyl/N-ethyl adjacent to an activating group) is 1. The Morgan fingerprint density at radius 2 is 2.00 bits per heavy atom. The van der Waals surface area contributed by atoms with Crippen molar-refractivity contribution in [3.63, 3.8) is 0 Å². The molecule has 4 heteroatoms. The lowest BCUT2D eigenvalue weighted by atomic mass is 10.1. The quantitative estimate of drug-likeness (QED) is 0.748. The molecule has 0 saturated carbocycles. The second kappa shape index (κ2) is 5.41. The minimum Gasteiger partial charge on any atom is -0.341 e. The highest BCUT2D eigenvalue weighted by Gasteiger charge is 2.28. The molecule has 0 radical (unpaired) electrons. The minimum atomic E-state index is -0.528. The second-order valence-electron chi connectivity index (χ2n) is 5.77. The van der Waals surface area contributed by atoms with Gasteiger partial charge in [-0.05, 0) is 45.7 Å². The molecule has 1 unspecified atom stereocenters. The van der Waals surface area contributed by atoms with Gasteiger partial charge in [-0.1, -0.05) is 0 Å². The van der Waals surface area contributed by atoms with Crippen molar-refractivity contribution < 1.29 is 4.79 Å². The topological polar surface area (TPSA) is 23.6 Å². The summed E-state index contributed by atoms with van der Waals surface area (Å²) in [4.78, 5) is 16.0. The average Bonchev–Trinajstić information content (AvgIpc) is 2.15. The molecule has 1 aliphatic heterocycles. The Hall–Kier alpha value is -0.220. The molecule has 0 aliphatic carbocycles. The molecular weight excluding hydrogens is 220 g/mol. The third-order valence-corrected chi connectivity index (χ3v) is 5.57. The lowest BCUT2D eigenvalue weighted by molar-refractivity contribution is -0.132. The van der Waals surface area contributed by atoms with E-state index < -0.39 is 10.0 Å². The van der Waals surface area contributed by atoms with Crippen LogP contribution in [0.2, 0.25) is 0 Å². The Morgan fingerprint density at radius 3 is 2.50 bits per heavy atom. The summed E-state index contributed by atoms with van der Waals surface area (Å²) in [6.07, 6.45) is 9.55. The highest BCUT2D eigenvalue weighted by atomic mass is 32.3. The van der Waals surface area contributed by atoms with Crippen LogP contribution in [-0.4, -0.2) is 73.5 Å².